The van der Waals surface area contributed by atoms with Crippen LogP contribution in [0, 0.1) is 0 Å². The first-order chi connectivity index (χ1) is 7.16. The molecule has 0 unspecified atom stereocenters. The summed E-state index contributed by atoms with van der Waals surface area (Å²) in [5, 5.41) is 17.6. The average molecular weight is 232 g/mol. The van der Waals surface area contributed by atoms with E-state index in [2.05, 4.69) is 0 Å². The van der Waals surface area contributed by atoms with Gasteiger partial charge < -0.3 is 10.0 Å². The number of rotatable bonds is 2. The van der Waals surface area contributed by atoms with Crippen LogP contribution in [0.1, 0.15) is 19.4 Å². The summed E-state index contributed by atoms with van der Waals surface area (Å²) < 4.78 is 38.0. The van der Waals surface area contributed by atoms with Gasteiger partial charge in [-0.3, -0.25) is 0 Å². The standard InChI is InChI=1S/C10H12BF3O2/c1-9(2,10(12,13)14)7-3-5-8(6-4-7)11(15)16/h3-6,15-16H,1-2H3. The average Bonchev–Trinajstić information content (AvgIpc) is 2.16. The number of hydrogen-bond donors (Lipinski definition) is 2. The summed E-state index contributed by atoms with van der Waals surface area (Å²) in [7, 11) is -1.66. The molecule has 0 fully saturated rings. The van der Waals surface area contributed by atoms with Gasteiger partial charge in [0.15, 0.2) is 0 Å². The number of benzene rings is 1. The van der Waals surface area contributed by atoms with E-state index >= 15 is 0 Å². The summed E-state index contributed by atoms with van der Waals surface area (Å²) in [4.78, 5) is 0. The van der Waals surface area contributed by atoms with Crippen molar-refractivity contribution in [1.29, 1.82) is 0 Å². The molecule has 0 saturated carbocycles. The molecule has 0 aromatic heterocycles. The minimum Gasteiger partial charge on any atom is -0.423 e. The largest absolute Gasteiger partial charge is 0.488 e. The molecule has 0 aliphatic carbocycles. The maximum Gasteiger partial charge on any atom is 0.488 e. The fourth-order valence-corrected chi connectivity index (χ4v) is 1.24. The van der Waals surface area contributed by atoms with Gasteiger partial charge in [-0.2, -0.15) is 13.2 Å². The molecule has 0 radical (unpaired) electrons. The van der Waals surface area contributed by atoms with E-state index in [4.69, 9.17) is 10.0 Å². The molecule has 1 aromatic rings. The summed E-state index contributed by atoms with van der Waals surface area (Å²) in [6, 6.07) is 5.05. The molecular formula is C10H12BF3O2. The van der Waals surface area contributed by atoms with Crippen LogP contribution in [0.3, 0.4) is 0 Å². The van der Waals surface area contributed by atoms with Crippen molar-refractivity contribution in [3.8, 4) is 0 Å². The minimum atomic E-state index is -4.34. The van der Waals surface area contributed by atoms with Gasteiger partial charge in [-0.25, -0.2) is 0 Å². The zero-order valence-electron chi connectivity index (χ0n) is 8.92. The van der Waals surface area contributed by atoms with Gasteiger partial charge in [-0.15, -0.1) is 0 Å². The molecule has 0 heterocycles. The van der Waals surface area contributed by atoms with Crippen molar-refractivity contribution >= 4 is 12.6 Å². The van der Waals surface area contributed by atoms with Crippen LogP contribution < -0.4 is 5.46 Å². The van der Waals surface area contributed by atoms with Crippen LogP contribution in [0.2, 0.25) is 0 Å². The van der Waals surface area contributed by atoms with E-state index in [0.29, 0.717) is 0 Å². The predicted molar refractivity (Wildman–Crippen MR) is 55.3 cm³/mol. The normalized spacial score (nSPS) is 12.7. The van der Waals surface area contributed by atoms with E-state index in [1.165, 1.54) is 24.3 Å². The van der Waals surface area contributed by atoms with E-state index in [9.17, 15) is 13.2 Å². The Balaban J connectivity index is 3.07. The Morgan fingerprint density at radius 1 is 1.00 bits per heavy atom. The number of alkyl halides is 3. The summed E-state index contributed by atoms with van der Waals surface area (Å²) in [6.45, 7) is 2.16. The molecule has 2 N–H and O–H groups in total. The van der Waals surface area contributed by atoms with Crippen LogP contribution in [-0.2, 0) is 5.41 Å². The lowest BCUT2D eigenvalue weighted by atomic mass is 9.77. The summed E-state index contributed by atoms with van der Waals surface area (Å²) >= 11 is 0. The molecule has 16 heavy (non-hydrogen) atoms. The first-order valence-corrected chi connectivity index (χ1v) is 4.69. The third-order valence-corrected chi connectivity index (χ3v) is 2.64. The monoisotopic (exact) mass is 232 g/mol. The van der Waals surface area contributed by atoms with Gasteiger partial charge in [0.25, 0.3) is 0 Å². The molecule has 0 aliphatic rings. The highest BCUT2D eigenvalue weighted by Gasteiger charge is 2.48. The Kier molecular flexibility index (Phi) is 3.35. The molecule has 0 spiro atoms. The smallest absolute Gasteiger partial charge is 0.423 e. The van der Waals surface area contributed by atoms with Crippen LogP contribution in [0.25, 0.3) is 0 Å². The van der Waals surface area contributed by atoms with Gasteiger partial charge in [-0.1, -0.05) is 24.3 Å². The third kappa shape index (κ3) is 2.39. The van der Waals surface area contributed by atoms with E-state index in [1.54, 1.807) is 0 Å². The molecular weight excluding hydrogens is 220 g/mol. The Labute approximate surface area is 91.9 Å². The first-order valence-electron chi connectivity index (χ1n) is 4.69. The Morgan fingerprint density at radius 3 is 1.75 bits per heavy atom. The predicted octanol–water partition coefficient (Wildman–Crippen LogP) is 1.21. The summed E-state index contributed by atoms with van der Waals surface area (Å²) in [5.74, 6) is 0. The molecule has 6 heteroatoms. The zero-order chi connectivity index (χ0) is 12.6. The van der Waals surface area contributed by atoms with E-state index in [0.717, 1.165) is 13.8 Å². The van der Waals surface area contributed by atoms with Crippen molar-refractivity contribution in [2.45, 2.75) is 25.4 Å². The molecule has 0 saturated heterocycles. The Morgan fingerprint density at radius 2 is 1.44 bits per heavy atom. The van der Waals surface area contributed by atoms with Gasteiger partial charge >= 0.3 is 13.3 Å². The molecule has 0 atom stereocenters. The maximum atomic E-state index is 12.7. The van der Waals surface area contributed by atoms with E-state index < -0.39 is 18.7 Å². The Bertz CT molecular complexity index is 357. The Hall–Kier alpha value is -1.01. The quantitative estimate of drug-likeness (QED) is 0.752. The number of hydrogen-bond acceptors (Lipinski definition) is 2. The fourth-order valence-electron chi connectivity index (χ4n) is 1.24. The molecule has 0 aliphatic heterocycles. The minimum absolute atomic E-state index is 0.0874. The van der Waals surface area contributed by atoms with Gasteiger partial charge in [0.05, 0.1) is 5.41 Å². The van der Waals surface area contributed by atoms with E-state index in [-0.39, 0.29) is 11.0 Å². The van der Waals surface area contributed by atoms with Gasteiger partial charge in [0.1, 0.15) is 0 Å². The molecule has 2 nitrogen and oxygen atoms in total. The fraction of sp³-hybridized carbons (Fsp3) is 0.400. The highest BCUT2D eigenvalue weighted by atomic mass is 19.4. The number of halogens is 3. The molecule has 1 rings (SSSR count). The second kappa shape index (κ2) is 4.10. The van der Waals surface area contributed by atoms with Gasteiger partial charge in [0.2, 0.25) is 0 Å². The molecule has 0 bridgehead atoms. The molecule has 88 valence electrons. The highest BCUT2D eigenvalue weighted by Crippen LogP contribution is 2.39. The topological polar surface area (TPSA) is 40.5 Å². The SMILES string of the molecule is CC(C)(c1ccc(B(O)O)cc1)C(F)(F)F. The van der Waals surface area contributed by atoms with E-state index in [1.807, 2.05) is 0 Å². The molecule has 0 amide bonds. The third-order valence-electron chi connectivity index (χ3n) is 2.64. The van der Waals surface area contributed by atoms with Crippen molar-refractivity contribution in [2.75, 3.05) is 0 Å². The zero-order valence-corrected chi connectivity index (χ0v) is 8.92. The second-order valence-electron chi connectivity index (χ2n) is 4.12. The highest BCUT2D eigenvalue weighted by molar-refractivity contribution is 6.58. The van der Waals surface area contributed by atoms with Gasteiger partial charge in [0, 0.05) is 0 Å². The van der Waals surface area contributed by atoms with Crippen molar-refractivity contribution in [1.82, 2.24) is 0 Å². The van der Waals surface area contributed by atoms with Crippen molar-refractivity contribution in [3.05, 3.63) is 29.8 Å². The maximum absolute atomic E-state index is 12.7. The lowest BCUT2D eigenvalue weighted by molar-refractivity contribution is -0.180. The lowest BCUT2D eigenvalue weighted by Gasteiger charge is -2.28. The lowest BCUT2D eigenvalue weighted by Crippen LogP contribution is -2.37. The summed E-state index contributed by atoms with van der Waals surface area (Å²) in [5.41, 5.74) is -1.70. The summed E-state index contributed by atoms with van der Waals surface area (Å²) in [6.07, 6.45) is -4.34. The first kappa shape index (κ1) is 13.1. The van der Waals surface area contributed by atoms with Crippen LogP contribution in [0.5, 0.6) is 0 Å². The van der Waals surface area contributed by atoms with Crippen molar-refractivity contribution in [3.63, 3.8) is 0 Å². The van der Waals surface area contributed by atoms with Crippen LogP contribution in [0.15, 0.2) is 24.3 Å². The second-order valence-corrected chi connectivity index (χ2v) is 4.12. The van der Waals surface area contributed by atoms with Crippen molar-refractivity contribution in [2.24, 2.45) is 0 Å². The van der Waals surface area contributed by atoms with Gasteiger partial charge in [-0.05, 0) is 24.9 Å². The van der Waals surface area contributed by atoms with Crippen LogP contribution in [-0.4, -0.2) is 23.3 Å². The molecule has 1 aromatic carbocycles. The van der Waals surface area contributed by atoms with Crippen LogP contribution >= 0.6 is 0 Å². The van der Waals surface area contributed by atoms with Crippen LogP contribution in [0.4, 0.5) is 13.2 Å². The van der Waals surface area contributed by atoms with Crippen molar-refractivity contribution < 1.29 is 23.2 Å².